The summed E-state index contributed by atoms with van der Waals surface area (Å²) in [6.45, 7) is 0.729. The number of ether oxygens (including phenoxy) is 1. The molecule has 8 heteroatoms. The average Bonchev–Trinajstić information content (AvgIpc) is 3.30. The summed E-state index contributed by atoms with van der Waals surface area (Å²) < 4.78 is 29.1. The SMILES string of the molecule is O=C(Nc1ccc(OCc2ccccc2)cc1)[C@H]1CC(=O)N([C@@H]2CCS(=O)(=O)C2)C1. The first-order valence-electron chi connectivity index (χ1n) is 9.97. The number of carbonyl (C=O) groups excluding carboxylic acids is 2. The Morgan fingerprint density at radius 2 is 1.83 bits per heavy atom. The largest absolute Gasteiger partial charge is 0.489 e. The molecule has 30 heavy (non-hydrogen) atoms. The maximum Gasteiger partial charge on any atom is 0.229 e. The molecule has 2 aromatic rings. The van der Waals surface area contributed by atoms with E-state index in [0.717, 1.165) is 5.56 Å². The first kappa shape index (κ1) is 20.4. The van der Waals surface area contributed by atoms with Gasteiger partial charge in [-0.25, -0.2) is 8.42 Å². The van der Waals surface area contributed by atoms with Crippen LogP contribution in [0.5, 0.6) is 5.75 Å². The predicted octanol–water partition coefficient (Wildman–Crippen LogP) is 2.24. The highest BCUT2D eigenvalue weighted by molar-refractivity contribution is 7.91. The third kappa shape index (κ3) is 4.81. The number of carbonyl (C=O) groups is 2. The number of benzene rings is 2. The van der Waals surface area contributed by atoms with E-state index in [1.165, 1.54) is 0 Å². The number of hydrogen-bond acceptors (Lipinski definition) is 5. The number of nitrogens with zero attached hydrogens (tertiary/aromatic N) is 1. The van der Waals surface area contributed by atoms with E-state index in [1.54, 1.807) is 29.2 Å². The number of rotatable bonds is 6. The zero-order valence-electron chi connectivity index (χ0n) is 16.5. The lowest BCUT2D eigenvalue weighted by atomic mass is 10.1. The van der Waals surface area contributed by atoms with E-state index in [9.17, 15) is 18.0 Å². The van der Waals surface area contributed by atoms with Crippen molar-refractivity contribution in [3.05, 3.63) is 60.2 Å². The van der Waals surface area contributed by atoms with Crippen molar-refractivity contribution in [2.45, 2.75) is 25.5 Å². The van der Waals surface area contributed by atoms with Crippen molar-refractivity contribution in [2.75, 3.05) is 23.4 Å². The van der Waals surface area contributed by atoms with Gasteiger partial charge >= 0.3 is 0 Å². The van der Waals surface area contributed by atoms with Crippen LogP contribution in [-0.2, 0) is 26.0 Å². The molecule has 0 radical (unpaired) electrons. The lowest BCUT2D eigenvalue weighted by Crippen LogP contribution is -2.38. The Morgan fingerprint density at radius 3 is 2.50 bits per heavy atom. The maximum atomic E-state index is 12.6. The van der Waals surface area contributed by atoms with Crippen LogP contribution in [0.1, 0.15) is 18.4 Å². The van der Waals surface area contributed by atoms with Gasteiger partial charge in [0.15, 0.2) is 9.84 Å². The van der Waals surface area contributed by atoms with Gasteiger partial charge in [0.2, 0.25) is 11.8 Å². The molecule has 0 unspecified atom stereocenters. The molecule has 0 aromatic heterocycles. The number of nitrogens with one attached hydrogen (secondary N) is 1. The van der Waals surface area contributed by atoms with E-state index in [0.29, 0.717) is 24.5 Å². The second-order valence-electron chi connectivity index (χ2n) is 7.79. The smallest absolute Gasteiger partial charge is 0.229 e. The zero-order valence-corrected chi connectivity index (χ0v) is 17.3. The van der Waals surface area contributed by atoms with Crippen LogP contribution >= 0.6 is 0 Å². The van der Waals surface area contributed by atoms with Crippen LogP contribution in [0.25, 0.3) is 0 Å². The number of anilines is 1. The molecule has 2 atom stereocenters. The molecule has 0 spiro atoms. The van der Waals surface area contributed by atoms with Crippen molar-refractivity contribution in [3.63, 3.8) is 0 Å². The van der Waals surface area contributed by atoms with Gasteiger partial charge in [0.05, 0.1) is 17.4 Å². The molecule has 0 saturated carbocycles. The molecule has 0 aliphatic carbocycles. The molecule has 2 amide bonds. The average molecular weight is 429 g/mol. The van der Waals surface area contributed by atoms with Gasteiger partial charge in [-0.05, 0) is 36.2 Å². The molecule has 2 saturated heterocycles. The maximum absolute atomic E-state index is 12.6. The van der Waals surface area contributed by atoms with E-state index in [4.69, 9.17) is 4.74 Å². The third-order valence-corrected chi connectivity index (χ3v) is 7.30. The monoisotopic (exact) mass is 428 g/mol. The zero-order chi connectivity index (χ0) is 21.1. The van der Waals surface area contributed by atoms with Crippen molar-refractivity contribution in [1.82, 2.24) is 4.90 Å². The highest BCUT2D eigenvalue weighted by Gasteiger charge is 2.41. The quantitative estimate of drug-likeness (QED) is 0.762. The standard InChI is InChI=1S/C22H24N2O5S/c25-21-12-17(13-24(21)19-10-11-30(27,28)15-19)22(26)23-18-6-8-20(9-7-18)29-14-16-4-2-1-3-5-16/h1-9,17,19H,10-15H2,(H,23,26)/t17-,19+/m0/s1. The summed E-state index contributed by atoms with van der Waals surface area (Å²) in [5, 5.41) is 2.84. The van der Waals surface area contributed by atoms with Gasteiger partial charge in [0.25, 0.3) is 0 Å². The van der Waals surface area contributed by atoms with Gasteiger partial charge < -0.3 is 15.0 Å². The molecule has 2 aromatic carbocycles. The summed E-state index contributed by atoms with van der Waals surface area (Å²) in [6.07, 6.45) is 0.563. The summed E-state index contributed by atoms with van der Waals surface area (Å²) in [5.74, 6) is -0.0583. The fourth-order valence-corrected chi connectivity index (χ4v) is 5.63. The first-order chi connectivity index (χ1) is 14.4. The van der Waals surface area contributed by atoms with Gasteiger partial charge in [0.1, 0.15) is 12.4 Å². The van der Waals surface area contributed by atoms with Crippen LogP contribution in [0.2, 0.25) is 0 Å². The minimum atomic E-state index is -3.08. The molecule has 1 N–H and O–H groups in total. The molecule has 7 nitrogen and oxygen atoms in total. The summed E-state index contributed by atoms with van der Waals surface area (Å²) in [7, 11) is -3.08. The summed E-state index contributed by atoms with van der Waals surface area (Å²) in [5.41, 5.74) is 1.70. The van der Waals surface area contributed by atoms with Crippen molar-refractivity contribution < 1.29 is 22.7 Å². The predicted molar refractivity (Wildman–Crippen MR) is 113 cm³/mol. The Bertz CT molecular complexity index is 1020. The minimum Gasteiger partial charge on any atom is -0.489 e. The van der Waals surface area contributed by atoms with Crippen molar-refractivity contribution in [1.29, 1.82) is 0 Å². The highest BCUT2D eigenvalue weighted by atomic mass is 32.2. The summed E-state index contributed by atoms with van der Waals surface area (Å²) in [6, 6.07) is 16.6. The van der Waals surface area contributed by atoms with Crippen LogP contribution in [0, 0.1) is 5.92 Å². The molecule has 158 valence electrons. The van der Waals surface area contributed by atoms with Crippen LogP contribution in [0.4, 0.5) is 5.69 Å². The second kappa shape index (κ2) is 8.47. The van der Waals surface area contributed by atoms with E-state index >= 15 is 0 Å². The normalized spacial score (nSPS) is 22.8. The molecule has 2 aliphatic heterocycles. The molecule has 0 bridgehead atoms. The number of hydrogen-bond donors (Lipinski definition) is 1. The van der Waals surface area contributed by atoms with Gasteiger partial charge in [0, 0.05) is 24.7 Å². The summed E-state index contributed by atoms with van der Waals surface area (Å²) in [4.78, 5) is 26.5. The van der Waals surface area contributed by atoms with Crippen LogP contribution in [-0.4, -0.2) is 49.2 Å². The van der Waals surface area contributed by atoms with E-state index in [-0.39, 0.29) is 42.3 Å². The van der Waals surface area contributed by atoms with E-state index < -0.39 is 15.8 Å². The lowest BCUT2D eigenvalue weighted by molar-refractivity contribution is -0.129. The lowest BCUT2D eigenvalue weighted by Gasteiger charge is -2.22. The Hall–Kier alpha value is -2.87. The van der Waals surface area contributed by atoms with E-state index in [2.05, 4.69) is 5.32 Å². The number of amides is 2. The molecular weight excluding hydrogens is 404 g/mol. The Balaban J connectivity index is 1.30. The molecule has 2 aliphatic rings. The van der Waals surface area contributed by atoms with Gasteiger partial charge in [-0.1, -0.05) is 30.3 Å². The molecule has 2 fully saturated rings. The molecule has 4 rings (SSSR count). The van der Waals surface area contributed by atoms with Crippen molar-refractivity contribution >= 4 is 27.3 Å². The fraction of sp³-hybridized carbons (Fsp3) is 0.364. The highest BCUT2D eigenvalue weighted by Crippen LogP contribution is 2.27. The fourth-order valence-electron chi connectivity index (χ4n) is 3.90. The number of sulfone groups is 1. The summed E-state index contributed by atoms with van der Waals surface area (Å²) >= 11 is 0. The Labute approximate surface area is 175 Å². The van der Waals surface area contributed by atoms with Crippen LogP contribution < -0.4 is 10.1 Å². The Morgan fingerprint density at radius 1 is 1.10 bits per heavy atom. The number of likely N-dealkylation sites (tertiary alicyclic amines) is 1. The van der Waals surface area contributed by atoms with Gasteiger partial charge in [-0.15, -0.1) is 0 Å². The second-order valence-corrected chi connectivity index (χ2v) is 10.0. The van der Waals surface area contributed by atoms with Crippen LogP contribution in [0.15, 0.2) is 54.6 Å². The first-order valence-corrected chi connectivity index (χ1v) is 11.8. The van der Waals surface area contributed by atoms with Crippen LogP contribution in [0.3, 0.4) is 0 Å². The topological polar surface area (TPSA) is 92.8 Å². The van der Waals surface area contributed by atoms with Crippen molar-refractivity contribution in [3.8, 4) is 5.75 Å². The molecular formula is C22H24N2O5S. The van der Waals surface area contributed by atoms with Gasteiger partial charge in [-0.2, -0.15) is 0 Å². The minimum absolute atomic E-state index is 0.00246. The van der Waals surface area contributed by atoms with Crippen molar-refractivity contribution in [2.24, 2.45) is 5.92 Å². The Kier molecular flexibility index (Phi) is 5.76. The molecule has 2 heterocycles. The third-order valence-electron chi connectivity index (χ3n) is 5.55. The van der Waals surface area contributed by atoms with Gasteiger partial charge in [-0.3, -0.25) is 9.59 Å². The van der Waals surface area contributed by atoms with E-state index in [1.807, 2.05) is 30.3 Å².